The molecule has 2 saturated heterocycles. The number of likely N-dealkylation sites (N-methyl/N-ethyl adjacent to an activating group) is 1. The predicted molar refractivity (Wildman–Crippen MR) is 97.0 cm³/mol. The molecule has 4 atom stereocenters. The van der Waals surface area contributed by atoms with Gasteiger partial charge in [-0.25, -0.2) is 0 Å². The molecule has 2 heterocycles. The van der Waals surface area contributed by atoms with E-state index >= 15 is 0 Å². The Morgan fingerprint density at radius 1 is 0.783 bits per heavy atom. The molecule has 2 aliphatic rings. The van der Waals surface area contributed by atoms with Gasteiger partial charge in [-0.15, -0.1) is 0 Å². The highest BCUT2D eigenvalue weighted by Gasteiger charge is 2.46. The zero-order chi connectivity index (χ0) is 16.0. The molecule has 0 radical (unpaired) electrons. The third kappa shape index (κ3) is 2.61. The third-order valence-corrected chi connectivity index (χ3v) is 6.24. The van der Waals surface area contributed by atoms with Gasteiger partial charge in [0.2, 0.25) is 0 Å². The Labute approximate surface area is 140 Å². The second-order valence-electron chi connectivity index (χ2n) is 7.65. The van der Waals surface area contributed by atoms with Crippen molar-refractivity contribution in [3.05, 3.63) is 70.8 Å². The SMILES string of the molecule is Cc1ccc([C@@H]2CC3CCC([C@@H]2c2ccc(C)cc2)N3C)cc1. The van der Waals surface area contributed by atoms with Crippen molar-refractivity contribution in [1.29, 1.82) is 0 Å². The van der Waals surface area contributed by atoms with Gasteiger partial charge < -0.3 is 0 Å². The maximum absolute atomic E-state index is 2.66. The zero-order valence-electron chi connectivity index (χ0n) is 14.5. The average molecular weight is 305 g/mol. The van der Waals surface area contributed by atoms with E-state index in [0.717, 1.165) is 6.04 Å². The Morgan fingerprint density at radius 3 is 1.96 bits per heavy atom. The molecule has 23 heavy (non-hydrogen) atoms. The summed E-state index contributed by atoms with van der Waals surface area (Å²) in [5.74, 6) is 1.29. The number of rotatable bonds is 2. The molecule has 0 amide bonds. The molecule has 120 valence electrons. The Balaban J connectivity index is 1.76. The molecule has 2 unspecified atom stereocenters. The molecule has 2 aliphatic heterocycles. The van der Waals surface area contributed by atoms with Crippen LogP contribution in [0.15, 0.2) is 48.5 Å². The average Bonchev–Trinajstić information content (AvgIpc) is 2.80. The van der Waals surface area contributed by atoms with E-state index in [9.17, 15) is 0 Å². The minimum Gasteiger partial charge on any atom is -0.300 e. The summed E-state index contributed by atoms with van der Waals surface area (Å²) in [5.41, 5.74) is 5.77. The molecule has 0 N–H and O–H groups in total. The molecular weight excluding hydrogens is 278 g/mol. The van der Waals surface area contributed by atoms with Gasteiger partial charge in [-0.1, -0.05) is 59.7 Å². The van der Waals surface area contributed by atoms with E-state index in [-0.39, 0.29) is 0 Å². The second kappa shape index (κ2) is 5.79. The first kappa shape index (κ1) is 15.0. The molecule has 1 heteroatoms. The fourth-order valence-corrected chi connectivity index (χ4v) is 4.87. The van der Waals surface area contributed by atoms with Crippen molar-refractivity contribution >= 4 is 0 Å². The summed E-state index contributed by atoms with van der Waals surface area (Å²) in [6.45, 7) is 4.36. The van der Waals surface area contributed by atoms with E-state index in [0.29, 0.717) is 17.9 Å². The van der Waals surface area contributed by atoms with Gasteiger partial charge in [0.15, 0.2) is 0 Å². The molecule has 2 aromatic carbocycles. The minimum atomic E-state index is 0.627. The van der Waals surface area contributed by atoms with Crippen molar-refractivity contribution in [2.24, 2.45) is 0 Å². The monoisotopic (exact) mass is 305 g/mol. The summed E-state index contributed by atoms with van der Waals surface area (Å²) in [6.07, 6.45) is 4.02. The molecule has 0 aliphatic carbocycles. The van der Waals surface area contributed by atoms with Gasteiger partial charge in [0.1, 0.15) is 0 Å². The lowest BCUT2D eigenvalue weighted by atomic mass is 9.72. The van der Waals surface area contributed by atoms with Crippen LogP contribution in [0.5, 0.6) is 0 Å². The van der Waals surface area contributed by atoms with Crippen LogP contribution in [0, 0.1) is 13.8 Å². The Kier molecular flexibility index (Phi) is 3.77. The van der Waals surface area contributed by atoms with Gasteiger partial charge in [-0.05, 0) is 57.2 Å². The number of hydrogen-bond donors (Lipinski definition) is 0. The molecular formula is C22H27N. The van der Waals surface area contributed by atoms with Crippen molar-refractivity contribution < 1.29 is 0 Å². The maximum atomic E-state index is 2.66. The van der Waals surface area contributed by atoms with Crippen LogP contribution in [-0.2, 0) is 0 Å². The van der Waals surface area contributed by atoms with Crippen LogP contribution < -0.4 is 0 Å². The van der Waals surface area contributed by atoms with Crippen LogP contribution in [-0.4, -0.2) is 24.0 Å². The molecule has 1 nitrogen and oxygen atoms in total. The molecule has 0 saturated carbocycles. The highest BCUT2D eigenvalue weighted by Crippen LogP contribution is 2.50. The van der Waals surface area contributed by atoms with Gasteiger partial charge in [0.05, 0.1) is 0 Å². The Bertz CT molecular complexity index is 670. The molecule has 0 spiro atoms. The molecule has 2 fully saturated rings. The third-order valence-electron chi connectivity index (χ3n) is 6.24. The summed E-state index contributed by atoms with van der Waals surface area (Å²) in [7, 11) is 2.34. The number of nitrogens with zero attached hydrogens (tertiary/aromatic N) is 1. The van der Waals surface area contributed by atoms with E-state index in [1.54, 1.807) is 0 Å². The normalized spacial score (nSPS) is 30.6. The summed E-state index contributed by atoms with van der Waals surface area (Å²) in [4.78, 5) is 2.66. The molecule has 2 bridgehead atoms. The highest BCUT2D eigenvalue weighted by molar-refractivity contribution is 5.35. The number of benzene rings is 2. The lowest BCUT2D eigenvalue weighted by Gasteiger charge is -2.43. The van der Waals surface area contributed by atoms with Crippen LogP contribution in [0.2, 0.25) is 0 Å². The van der Waals surface area contributed by atoms with Crippen molar-refractivity contribution in [2.45, 2.75) is 57.0 Å². The highest BCUT2D eigenvalue weighted by atomic mass is 15.2. The van der Waals surface area contributed by atoms with E-state index in [1.807, 2.05) is 0 Å². The topological polar surface area (TPSA) is 3.24 Å². The maximum Gasteiger partial charge on any atom is 0.0170 e. The van der Waals surface area contributed by atoms with Crippen LogP contribution in [0.1, 0.15) is 53.4 Å². The van der Waals surface area contributed by atoms with Crippen LogP contribution >= 0.6 is 0 Å². The number of piperidine rings is 1. The first-order valence-corrected chi connectivity index (χ1v) is 8.98. The van der Waals surface area contributed by atoms with Crippen molar-refractivity contribution in [2.75, 3.05) is 7.05 Å². The number of fused-ring (bicyclic) bond motifs is 2. The van der Waals surface area contributed by atoms with Crippen molar-refractivity contribution in [3.63, 3.8) is 0 Å². The fourth-order valence-electron chi connectivity index (χ4n) is 4.87. The van der Waals surface area contributed by atoms with Crippen molar-refractivity contribution in [1.82, 2.24) is 4.90 Å². The molecule has 2 aromatic rings. The van der Waals surface area contributed by atoms with Gasteiger partial charge in [0, 0.05) is 18.0 Å². The van der Waals surface area contributed by atoms with E-state index in [1.165, 1.54) is 41.5 Å². The summed E-state index contributed by atoms with van der Waals surface area (Å²) in [5, 5.41) is 0. The van der Waals surface area contributed by atoms with E-state index in [4.69, 9.17) is 0 Å². The fraction of sp³-hybridized carbons (Fsp3) is 0.455. The summed E-state index contributed by atoms with van der Waals surface area (Å²) in [6, 6.07) is 20.1. The van der Waals surface area contributed by atoms with Crippen LogP contribution in [0.3, 0.4) is 0 Å². The first-order chi connectivity index (χ1) is 11.1. The molecule has 4 rings (SSSR count). The van der Waals surface area contributed by atoms with Gasteiger partial charge in [0.25, 0.3) is 0 Å². The van der Waals surface area contributed by atoms with Gasteiger partial charge >= 0.3 is 0 Å². The van der Waals surface area contributed by atoms with Gasteiger partial charge in [-0.2, -0.15) is 0 Å². The van der Waals surface area contributed by atoms with E-state index in [2.05, 4.69) is 74.3 Å². The quantitative estimate of drug-likeness (QED) is 0.751. The van der Waals surface area contributed by atoms with Crippen LogP contribution in [0.25, 0.3) is 0 Å². The standard InChI is InChI=1S/C22H27N/c1-15-4-8-17(9-5-15)20-14-19-12-13-21(23(19)3)22(20)18-10-6-16(2)7-11-18/h4-11,19-22H,12-14H2,1-3H3/t19?,20-,21?,22+/m0/s1. The lowest BCUT2D eigenvalue weighted by Crippen LogP contribution is -2.44. The van der Waals surface area contributed by atoms with Crippen LogP contribution in [0.4, 0.5) is 0 Å². The van der Waals surface area contributed by atoms with E-state index < -0.39 is 0 Å². The minimum absolute atomic E-state index is 0.627. The zero-order valence-corrected chi connectivity index (χ0v) is 14.5. The smallest absolute Gasteiger partial charge is 0.0170 e. The number of aryl methyl sites for hydroxylation is 2. The summed E-state index contributed by atoms with van der Waals surface area (Å²) >= 11 is 0. The van der Waals surface area contributed by atoms with Crippen molar-refractivity contribution in [3.8, 4) is 0 Å². The summed E-state index contributed by atoms with van der Waals surface area (Å²) < 4.78 is 0. The molecule has 0 aromatic heterocycles. The second-order valence-corrected chi connectivity index (χ2v) is 7.65. The largest absolute Gasteiger partial charge is 0.300 e. The predicted octanol–water partition coefficient (Wildman–Crippen LogP) is 5.04. The Hall–Kier alpha value is -1.60. The lowest BCUT2D eigenvalue weighted by molar-refractivity contribution is 0.137. The first-order valence-electron chi connectivity index (χ1n) is 8.98. The van der Waals surface area contributed by atoms with Gasteiger partial charge in [-0.3, -0.25) is 4.90 Å². The number of hydrogen-bond acceptors (Lipinski definition) is 1. The Morgan fingerprint density at radius 2 is 1.35 bits per heavy atom.